The number of hydrogen-bond acceptors (Lipinski definition) is 2. The lowest BCUT2D eigenvalue weighted by atomic mass is 9.99. The third kappa shape index (κ3) is 2.88. The van der Waals surface area contributed by atoms with Gasteiger partial charge in [0.2, 0.25) is 0 Å². The summed E-state index contributed by atoms with van der Waals surface area (Å²) in [5.41, 5.74) is 4.98. The van der Waals surface area contributed by atoms with Crippen LogP contribution in [0.25, 0.3) is 0 Å². The van der Waals surface area contributed by atoms with E-state index in [4.69, 9.17) is 5.73 Å². The van der Waals surface area contributed by atoms with Crippen molar-refractivity contribution in [3.8, 4) is 0 Å². The van der Waals surface area contributed by atoms with Gasteiger partial charge in [0, 0.05) is 0 Å². The lowest BCUT2D eigenvalue weighted by Gasteiger charge is -2.19. The van der Waals surface area contributed by atoms with E-state index in [0.29, 0.717) is 0 Å². The van der Waals surface area contributed by atoms with Crippen LogP contribution in [-0.4, -0.2) is 18.0 Å². The van der Waals surface area contributed by atoms with E-state index >= 15 is 0 Å². The maximum Gasteiger partial charge on any atom is 0.393 e. The molecule has 2 unspecified atom stereocenters. The molecule has 0 aromatic carbocycles. The summed E-state index contributed by atoms with van der Waals surface area (Å²) in [7, 11) is 0. The number of carbonyl (C=O) groups is 1. The Labute approximate surface area is 62.6 Å². The summed E-state index contributed by atoms with van der Waals surface area (Å²) >= 11 is 0. The van der Waals surface area contributed by atoms with Crippen molar-refractivity contribution in [2.45, 2.75) is 26.1 Å². The van der Waals surface area contributed by atoms with Crippen LogP contribution in [0.15, 0.2) is 0 Å². The van der Waals surface area contributed by atoms with E-state index in [-0.39, 0.29) is 0 Å². The molecular weight excluding hydrogens is 159 g/mol. The van der Waals surface area contributed by atoms with Crippen molar-refractivity contribution in [1.29, 1.82) is 0 Å². The number of hydrogen-bond donors (Lipinski definition) is 1. The Morgan fingerprint density at radius 2 is 1.82 bits per heavy atom. The summed E-state index contributed by atoms with van der Waals surface area (Å²) in [5, 5.41) is 0. The number of rotatable bonds is 2. The van der Waals surface area contributed by atoms with Gasteiger partial charge in [-0.1, -0.05) is 6.92 Å². The van der Waals surface area contributed by atoms with Crippen molar-refractivity contribution in [1.82, 2.24) is 0 Å². The minimum absolute atomic E-state index is 0.644. The van der Waals surface area contributed by atoms with Crippen LogP contribution in [0.4, 0.5) is 13.2 Å². The highest BCUT2D eigenvalue weighted by molar-refractivity contribution is 5.81. The number of halogens is 3. The highest BCUT2D eigenvalue weighted by Gasteiger charge is 2.41. The van der Waals surface area contributed by atoms with Crippen LogP contribution in [0.2, 0.25) is 0 Å². The Morgan fingerprint density at radius 3 is 1.91 bits per heavy atom. The number of ketones is 1. The van der Waals surface area contributed by atoms with E-state index < -0.39 is 23.9 Å². The zero-order chi connectivity index (χ0) is 9.23. The molecule has 0 aliphatic carbocycles. The summed E-state index contributed by atoms with van der Waals surface area (Å²) in [6.45, 7) is 1.94. The maximum atomic E-state index is 11.8. The van der Waals surface area contributed by atoms with Gasteiger partial charge in [0.05, 0.1) is 12.0 Å². The molecule has 0 saturated heterocycles. The summed E-state index contributed by atoms with van der Waals surface area (Å²) in [6.07, 6.45) is -4.38. The topological polar surface area (TPSA) is 43.1 Å². The van der Waals surface area contributed by atoms with Crippen LogP contribution in [-0.2, 0) is 4.79 Å². The molecule has 2 atom stereocenters. The third-order valence-electron chi connectivity index (χ3n) is 1.52. The highest BCUT2D eigenvalue weighted by atomic mass is 19.4. The Kier molecular flexibility index (Phi) is 3.04. The quantitative estimate of drug-likeness (QED) is 0.672. The third-order valence-corrected chi connectivity index (χ3v) is 1.52. The first-order chi connectivity index (χ1) is 4.76. The fourth-order valence-corrected chi connectivity index (χ4v) is 0.556. The van der Waals surface area contributed by atoms with Crippen molar-refractivity contribution in [3.63, 3.8) is 0 Å². The van der Waals surface area contributed by atoms with E-state index in [0.717, 1.165) is 13.8 Å². The molecule has 0 aromatic heterocycles. The van der Waals surface area contributed by atoms with Gasteiger partial charge >= 0.3 is 6.18 Å². The molecule has 0 spiro atoms. The number of alkyl halides is 3. The van der Waals surface area contributed by atoms with Crippen LogP contribution >= 0.6 is 0 Å². The summed E-state index contributed by atoms with van der Waals surface area (Å²) < 4.78 is 35.5. The minimum Gasteiger partial charge on any atom is -0.321 e. The normalized spacial score (nSPS) is 17.6. The van der Waals surface area contributed by atoms with Crippen LogP contribution in [0.1, 0.15) is 13.8 Å². The Balaban J connectivity index is 4.25. The molecule has 66 valence electrons. The van der Waals surface area contributed by atoms with Crippen molar-refractivity contribution in [2.75, 3.05) is 0 Å². The van der Waals surface area contributed by atoms with Crippen molar-refractivity contribution >= 4 is 5.78 Å². The SMILES string of the molecule is CC(=O)C(N)C(C)C(F)(F)F. The Morgan fingerprint density at radius 1 is 1.45 bits per heavy atom. The van der Waals surface area contributed by atoms with Crippen LogP contribution < -0.4 is 5.73 Å². The molecule has 0 saturated carbocycles. The predicted octanol–water partition coefficient (Wildman–Crippen LogP) is 1.10. The molecule has 0 aliphatic heterocycles. The smallest absolute Gasteiger partial charge is 0.321 e. The largest absolute Gasteiger partial charge is 0.393 e. The van der Waals surface area contributed by atoms with Crippen LogP contribution in [0, 0.1) is 5.92 Å². The molecule has 0 heterocycles. The average Bonchev–Trinajstić information content (AvgIpc) is 1.82. The van der Waals surface area contributed by atoms with E-state index in [1.54, 1.807) is 0 Å². The predicted molar refractivity (Wildman–Crippen MR) is 33.9 cm³/mol. The van der Waals surface area contributed by atoms with Gasteiger partial charge in [0.15, 0.2) is 0 Å². The molecule has 0 amide bonds. The maximum absolute atomic E-state index is 11.8. The van der Waals surface area contributed by atoms with Gasteiger partial charge in [-0.15, -0.1) is 0 Å². The van der Waals surface area contributed by atoms with E-state index in [1.165, 1.54) is 0 Å². The molecule has 0 aliphatic rings. The lowest BCUT2D eigenvalue weighted by Crippen LogP contribution is -2.42. The second kappa shape index (κ2) is 3.21. The lowest BCUT2D eigenvalue weighted by molar-refractivity contribution is -0.177. The van der Waals surface area contributed by atoms with Gasteiger partial charge in [-0.25, -0.2) is 0 Å². The Hall–Kier alpha value is -0.580. The molecule has 0 bridgehead atoms. The van der Waals surface area contributed by atoms with Crippen LogP contribution in [0.3, 0.4) is 0 Å². The molecule has 0 radical (unpaired) electrons. The average molecular weight is 169 g/mol. The zero-order valence-electron chi connectivity index (χ0n) is 6.27. The number of Topliss-reactive ketones (excluding diaryl/α,β-unsaturated/α-hetero) is 1. The van der Waals surface area contributed by atoms with Gasteiger partial charge in [-0.2, -0.15) is 13.2 Å². The minimum atomic E-state index is -4.38. The van der Waals surface area contributed by atoms with E-state index in [9.17, 15) is 18.0 Å². The van der Waals surface area contributed by atoms with Gasteiger partial charge in [0.25, 0.3) is 0 Å². The summed E-state index contributed by atoms with van der Waals surface area (Å²) in [4.78, 5) is 10.4. The highest BCUT2D eigenvalue weighted by Crippen LogP contribution is 2.27. The first-order valence-corrected chi connectivity index (χ1v) is 3.09. The summed E-state index contributed by atoms with van der Waals surface area (Å²) in [5.74, 6) is -2.41. The van der Waals surface area contributed by atoms with Gasteiger partial charge in [-0.3, -0.25) is 4.79 Å². The fraction of sp³-hybridized carbons (Fsp3) is 0.833. The molecule has 5 heteroatoms. The van der Waals surface area contributed by atoms with Crippen molar-refractivity contribution in [3.05, 3.63) is 0 Å². The van der Waals surface area contributed by atoms with E-state index in [2.05, 4.69) is 0 Å². The zero-order valence-corrected chi connectivity index (χ0v) is 6.27. The molecule has 0 aromatic rings. The summed E-state index contributed by atoms with van der Waals surface area (Å²) in [6, 6.07) is -1.44. The number of carbonyl (C=O) groups excluding carboxylic acids is 1. The fourth-order valence-electron chi connectivity index (χ4n) is 0.556. The standard InChI is InChI=1S/C6H10F3NO/c1-3(6(7,8)9)5(10)4(2)11/h3,5H,10H2,1-2H3. The molecule has 2 N–H and O–H groups in total. The first kappa shape index (κ1) is 10.4. The first-order valence-electron chi connectivity index (χ1n) is 3.09. The number of nitrogens with two attached hydrogens (primary N) is 1. The monoisotopic (exact) mass is 169 g/mol. The molecule has 2 nitrogen and oxygen atoms in total. The van der Waals surface area contributed by atoms with Gasteiger partial charge in [-0.05, 0) is 6.92 Å². The van der Waals surface area contributed by atoms with Gasteiger partial charge in [0.1, 0.15) is 5.78 Å². The molecule has 11 heavy (non-hydrogen) atoms. The van der Waals surface area contributed by atoms with Crippen LogP contribution in [0.5, 0.6) is 0 Å². The van der Waals surface area contributed by atoms with Gasteiger partial charge < -0.3 is 5.73 Å². The van der Waals surface area contributed by atoms with Crippen molar-refractivity contribution in [2.24, 2.45) is 11.7 Å². The Bertz CT molecular complexity index is 154. The second-order valence-corrected chi connectivity index (χ2v) is 2.47. The van der Waals surface area contributed by atoms with E-state index in [1.807, 2.05) is 0 Å². The molecule has 0 fully saturated rings. The molecule has 0 rings (SSSR count). The van der Waals surface area contributed by atoms with Crippen molar-refractivity contribution < 1.29 is 18.0 Å². The molecular formula is C6H10F3NO. The second-order valence-electron chi connectivity index (χ2n) is 2.47.